The number of benzene rings is 1. The first-order chi connectivity index (χ1) is 8.22. The fourth-order valence-corrected chi connectivity index (χ4v) is 2.91. The van der Waals surface area contributed by atoms with E-state index in [0.29, 0.717) is 0 Å². The smallest absolute Gasteiger partial charge is 0.0756 e. The molecular weight excluding hydrogens is 278 g/mol. The van der Waals surface area contributed by atoms with Crippen LogP contribution in [0.25, 0.3) is 0 Å². The van der Waals surface area contributed by atoms with E-state index in [9.17, 15) is 5.11 Å². The Morgan fingerprint density at radius 3 is 2.16 bits per heavy atom. The van der Waals surface area contributed by atoms with Gasteiger partial charge in [-0.2, -0.15) is 0 Å². The fourth-order valence-electron chi connectivity index (χ4n) is 1.78. The molecule has 0 fully saturated rings. The Bertz CT molecular complexity index is 390. The van der Waals surface area contributed by atoms with Crippen molar-refractivity contribution in [3.8, 4) is 0 Å². The lowest BCUT2D eigenvalue weighted by Gasteiger charge is -2.26. The molecule has 3 N–H and O–H groups in total. The third kappa shape index (κ3) is 5.74. The first-order valence-corrected chi connectivity index (χ1v) is 7.25. The predicted octanol–water partition coefficient (Wildman–Crippen LogP) is 4.02. The summed E-state index contributed by atoms with van der Waals surface area (Å²) in [4.78, 5) is 1.16. The van der Waals surface area contributed by atoms with Crippen molar-refractivity contribution >= 4 is 24.2 Å². The molecular formula is C15H26ClNOS. The second-order valence-electron chi connectivity index (χ2n) is 6.01. The quantitative estimate of drug-likeness (QED) is 0.826. The maximum atomic E-state index is 10.1. The Kier molecular flexibility index (Phi) is 7.45. The Balaban J connectivity index is 0.00000324. The third-order valence-electron chi connectivity index (χ3n) is 2.75. The maximum absolute atomic E-state index is 10.1. The second-order valence-corrected chi connectivity index (χ2v) is 7.88. The Labute approximate surface area is 127 Å². The highest BCUT2D eigenvalue weighted by Crippen LogP contribution is 2.37. The molecule has 1 aromatic rings. The van der Waals surface area contributed by atoms with E-state index in [2.05, 4.69) is 26.8 Å². The fraction of sp³-hybridized carbons (Fsp3) is 0.600. The first kappa shape index (κ1) is 18.8. The van der Waals surface area contributed by atoms with E-state index in [4.69, 9.17) is 5.73 Å². The van der Waals surface area contributed by atoms with E-state index in [1.54, 1.807) is 11.8 Å². The zero-order valence-corrected chi connectivity index (χ0v) is 14.0. The molecule has 0 bridgehead atoms. The van der Waals surface area contributed by atoms with Crippen LogP contribution in [0.1, 0.15) is 46.2 Å². The van der Waals surface area contributed by atoms with Crippen LogP contribution in [0.2, 0.25) is 0 Å². The van der Waals surface area contributed by atoms with Gasteiger partial charge >= 0.3 is 0 Å². The van der Waals surface area contributed by atoms with Crippen molar-refractivity contribution in [3.63, 3.8) is 0 Å². The Hall–Kier alpha value is -0.220. The molecule has 0 amide bonds. The van der Waals surface area contributed by atoms with E-state index in [0.717, 1.165) is 10.5 Å². The number of thioether (sulfide) groups is 1. The number of hydrogen-bond donors (Lipinski definition) is 2. The summed E-state index contributed by atoms with van der Waals surface area (Å²) in [6.07, 6.45) is -0.508. The largest absolute Gasteiger partial charge is 0.391 e. The Morgan fingerprint density at radius 2 is 1.68 bits per heavy atom. The summed E-state index contributed by atoms with van der Waals surface area (Å²) in [5, 5.41) is 10.1. The van der Waals surface area contributed by atoms with Gasteiger partial charge in [-0.3, -0.25) is 0 Å². The molecule has 0 aliphatic heterocycles. The average molecular weight is 304 g/mol. The molecule has 0 aliphatic carbocycles. The SMILES string of the molecule is CC(C)[C@H](O)[C@H](N)c1ccccc1SC(C)(C)C.Cl. The average Bonchev–Trinajstić information content (AvgIpc) is 2.25. The summed E-state index contributed by atoms with van der Waals surface area (Å²) >= 11 is 1.79. The molecule has 0 saturated heterocycles. The van der Waals surface area contributed by atoms with E-state index >= 15 is 0 Å². The van der Waals surface area contributed by atoms with Gasteiger partial charge in [0.15, 0.2) is 0 Å². The van der Waals surface area contributed by atoms with Crippen molar-refractivity contribution in [2.45, 2.75) is 56.4 Å². The topological polar surface area (TPSA) is 46.2 Å². The van der Waals surface area contributed by atoms with Gasteiger partial charge in [0.05, 0.1) is 12.1 Å². The number of aliphatic hydroxyl groups excluding tert-OH is 1. The van der Waals surface area contributed by atoms with Crippen LogP contribution in [0.15, 0.2) is 29.2 Å². The molecule has 0 saturated carbocycles. The summed E-state index contributed by atoms with van der Waals surface area (Å²) < 4.78 is 0.138. The number of halogens is 1. The van der Waals surface area contributed by atoms with Gasteiger partial charge in [0.1, 0.15) is 0 Å². The molecule has 2 atom stereocenters. The number of hydrogen-bond acceptors (Lipinski definition) is 3. The van der Waals surface area contributed by atoms with Crippen molar-refractivity contribution in [3.05, 3.63) is 29.8 Å². The van der Waals surface area contributed by atoms with Crippen LogP contribution in [-0.4, -0.2) is 16.0 Å². The van der Waals surface area contributed by atoms with E-state index in [-0.39, 0.29) is 29.1 Å². The number of nitrogens with two attached hydrogens (primary N) is 1. The van der Waals surface area contributed by atoms with Crippen LogP contribution >= 0.6 is 24.2 Å². The zero-order valence-electron chi connectivity index (χ0n) is 12.4. The maximum Gasteiger partial charge on any atom is 0.0756 e. The molecule has 1 rings (SSSR count). The van der Waals surface area contributed by atoms with Gasteiger partial charge in [0.25, 0.3) is 0 Å². The minimum absolute atomic E-state index is 0. The van der Waals surface area contributed by atoms with Crippen molar-refractivity contribution in [1.82, 2.24) is 0 Å². The van der Waals surface area contributed by atoms with Gasteiger partial charge < -0.3 is 10.8 Å². The summed E-state index contributed by atoms with van der Waals surface area (Å²) in [5.74, 6) is 0.160. The summed E-state index contributed by atoms with van der Waals surface area (Å²) in [6, 6.07) is 7.78. The highest BCUT2D eigenvalue weighted by molar-refractivity contribution is 8.00. The predicted molar refractivity (Wildman–Crippen MR) is 87.1 cm³/mol. The highest BCUT2D eigenvalue weighted by atomic mass is 35.5. The molecule has 4 heteroatoms. The monoisotopic (exact) mass is 303 g/mol. The van der Waals surface area contributed by atoms with Crippen molar-refractivity contribution in [1.29, 1.82) is 0 Å². The minimum atomic E-state index is -0.508. The van der Waals surface area contributed by atoms with Crippen LogP contribution in [0.4, 0.5) is 0 Å². The molecule has 0 radical (unpaired) electrons. The van der Waals surface area contributed by atoms with E-state index < -0.39 is 6.10 Å². The van der Waals surface area contributed by atoms with Crippen molar-refractivity contribution in [2.24, 2.45) is 11.7 Å². The van der Waals surface area contributed by atoms with Gasteiger partial charge in [-0.1, -0.05) is 52.8 Å². The van der Waals surface area contributed by atoms with Gasteiger partial charge in [0.2, 0.25) is 0 Å². The normalized spacial score (nSPS) is 14.9. The summed E-state index contributed by atoms with van der Waals surface area (Å²) in [6.45, 7) is 10.5. The van der Waals surface area contributed by atoms with Crippen LogP contribution in [0, 0.1) is 5.92 Å². The third-order valence-corrected chi connectivity index (χ3v) is 3.95. The van der Waals surface area contributed by atoms with Crippen molar-refractivity contribution in [2.75, 3.05) is 0 Å². The molecule has 0 unspecified atom stereocenters. The van der Waals surface area contributed by atoms with Gasteiger partial charge in [-0.05, 0) is 17.5 Å². The summed E-state index contributed by atoms with van der Waals surface area (Å²) in [5.41, 5.74) is 7.24. The Morgan fingerprint density at radius 1 is 1.16 bits per heavy atom. The lowest BCUT2D eigenvalue weighted by Crippen LogP contribution is -2.31. The molecule has 0 aliphatic rings. The van der Waals surface area contributed by atoms with E-state index in [1.807, 2.05) is 32.0 Å². The number of rotatable bonds is 4. The van der Waals surface area contributed by atoms with Crippen molar-refractivity contribution < 1.29 is 5.11 Å². The first-order valence-electron chi connectivity index (χ1n) is 6.44. The van der Waals surface area contributed by atoms with Crippen LogP contribution in [0.3, 0.4) is 0 Å². The number of aliphatic hydroxyl groups is 1. The van der Waals surface area contributed by atoms with E-state index in [1.165, 1.54) is 0 Å². The molecule has 0 spiro atoms. The van der Waals surface area contributed by atoms with Crippen LogP contribution in [-0.2, 0) is 0 Å². The molecule has 0 heterocycles. The standard InChI is InChI=1S/C15H25NOS.ClH/c1-10(2)14(17)13(16)11-8-6-7-9-12(11)18-15(3,4)5;/h6-10,13-14,17H,16H2,1-5H3;1H/t13-,14+;/m1./s1. The minimum Gasteiger partial charge on any atom is -0.391 e. The second kappa shape index (κ2) is 7.53. The zero-order chi connectivity index (χ0) is 13.9. The lowest BCUT2D eigenvalue weighted by atomic mass is 9.94. The molecule has 110 valence electrons. The lowest BCUT2D eigenvalue weighted by molar-refractivity contribution is 0.0971. The van der Waals surface area contributed by atoms with Gasteiger partial charge in [-0.15, -0.1) is 24.2 Å². The summed E-state index contributed by atoms with van der Waals surface area (Å²) in [7, 11) is 0. The van der Waals surface area contributed by atoms with Crippen LogP contribution < -0.4 is 5.73 Å². The highest BCUT2D eigenvalue weighted by Gasteiger charge is 2.24. The van der Waals surface area contributed by atoms with Crippen LogP contribution in [0.5, 0.6) is 0 Å². The molecule has 0 aromatic heterocycles. The van der Waals surface area contributed by atoms with Gasteiger partial charge in [-0.25, -0.2) is 0 Å². The van der Waals surface area contributed by atoms with Gasteiger partial charge in [0, 0.05) is 9.64 Å². The molecule has 2 nitrogen and oxygen atoms in total. The molecule has 19 heavy (non-hydrogen) atoms. The molecule has 1 aromatic carbocycles.